The molecule has 70 valence electrons. The summed E-state index contributed by atoms with van der Waals surface area (Å²) in [5.41, 5.74) is 1.02. The Morgan fingerprint density at radius 1 is 1.38 bits per heavy atom. The highest BCUT2D eigenvalue weighted by atomic mass is 35.5. The van der Waals surface area contributed by atoms with Crippen LogP contribution in [0.1, 0.15) is 18.4 Å². The SMILES string of the molecule is ClCc1ccc(OC2CC2)c(Cl)c1. The van der Waals surface area contributed by atoms with Gasteiger partial charge >= 0.3 is 0 Å². The molecular weight excluding hydrogens is 207 g/mol. The fourth-order valence-corrected chi connectivity index (χ4v) is 1.50. The van der Waals surface area contributed by atoms with E-state index in [4.69, 9.17) is 27.9 Å². The molecule has 1 aromatic rings. The highest BCUT2D eigenvalue weighted by molar-refractivity contribution is 6.32. The Hall–Kier alpha value is -0.400. The molecule has 1 fully saturated rings. The van der Waals surface area contributed by atoms with Crippen molar-refractivity contribution in [1.82, 2.24) is 0 Å². The topological polar surface area (TPSA) is 9.23 Å². The quantitative estimate of drug-likeness (QED) is 0.702. The molecule has 1 nitrogen and oxygen atoms in total. The van der Waals surface area contributed by atoms with Crippen LogP contribution in [0.5, 0.6) is 5.75 Å². The normalized spacial score (nSPS) is 15.8. The van der Waals surface area contributed by atoms with Gasteiger partial charge in [0, 0.05) is 5.88 Å². The van der Waals surface area contributed by atoms with Crippen LogP contribution in [0.3, 0.4) is 0 Å². The van der Waals surface area contributed by atoms with Crippen LogP contribution in [0.15, 0.2) is 18.2 Å². The van der Waals surface area contributed by atoms with Crippen LogP contribution in [0.2, 0.25) is 5.02 Å². The molecule has 0 bridgehead atoms. The lowest BCUT2D eigenvalue weighted by Gasteiger charge is -2.06. The predicted octanol–water partition coefficient (Wildman–Crippen LogP) is 3.62. The monoisotopic (exact) mass is 216 g/mol. The summed E-state index contributed by atoms with van der Waals surface area (Å²) in [6.07, 6.45) is 2.68. The highest BCUT2D eigenvalue weighted by Crippen LogP contribution is 2.32. The van der Waals surface area contributed by atoms with Crippen molar-refractivity contribution in [3.63, 3.8) is 0 Å². The van der Waals surface area contributed by atoms with E-state index in [2.05, 4.69) is 0 Å². The predicted molar refractivity (Wildman–Crippen MR) is 54.7 cm³/mol. The van der Waals surface area contributed by atoms with E-state index in [0.29, 0.717) is 17.0 Å². The summed E-state index contributed by atoms with van der Waals surface area (Å²) in [4.78, 5) is 0. The summed E-state index contributed by atoms with van der Waals surface area (Å²) >= 11 is 11.7. The van der Waals surface area contributed by atoms with Gasteiger partial charge in [-0.15, -0.1) is 11.6 Å². The number of halogens is 2. The van der Waals surface area contributed by atoms with Gasteiger partial charge in [0.1, 0.15) is 5.75 Å². The van der Waals surface area contributed by atoms with Gasteiger partial charge in [0.15, 0.2) is 0 Å². The fourth-order valence-electron chi connectivity index (χ4n) is 1.09. The Morgan fingerprint density at radius 2 is 2.15 bits per heavy atom. The third-order valence-corrected chi connectivity index (χ3v) is 2.57. The molecule has 0 N–H and O–H groups in total. The molecule has 0 radical (unpaired) electrons. The Morgan fingerprint density at radius 3 is 2.69 bits per heavy atom. The van der Waals surface area contributed by atoms with Crippen LogP contribution in [0.25, 0.3) is 0 Å². The van der Waals surface area contributed by atoms with E-state index in [1.54, 1.807) is 0 Å². The second-order valence-corrected chi connectivity index (χ2v) is 3.89. The number of hydrogen-bond donors (Lipinski definition) is 0. The lowest BCUT2D eigenvalue weighted by Crippen LogP contribution is -1.96. The molecule has 0 amide bonds. The zero-order chi connectivity index (χ0) is 9.26. The molecule has 0 saturated heterocycles. The van der Waals surface area contributed by atoms with Gasteiger partial charge in [-0.2, -0.15) is 0 Å². The zero-order valence-corrected chi connectivity index (χ0v) is 8.61. The molecule has 2 rings (SSSR count). The molecule has 0 aliphatic heterocycles. The Labute approximate surface area is 87.6 Å². The van der Waals surface area contributed by atoms with Crippen molar-refractivity contribution >= 4 is 23.2 Å². The lowest BCUT2D eigenvalue weighted by molar-refractivity contribution is 0.303. The number of ether oxygens (including phenoxy) is 1. The van der Waals surface area contributed by atoms with Crippen molar-refractivity contribution in [2.45, 2.75) is 24.8 Å². The van der Waals surface area contributed by atoms with Gasteiger partial charge in [0.2, 0.25) is 0 Å². The third-order valence-electron chi connectivity index (χ3n) is 1.97. The van der Waals surface area contributed by atoms with Gasteiger partial charge in [-0.1, -0.05) is 17.7 Å². The van der Waals surface area contributed by atoms with Gasteiger partial charge in [-0.3, -0.25) is 0 Å². The van der Waals surface area contributed by atoms with Crippen molar-refractivity contribution < 1.29 is 4.74 Å². The second-order valence-electron chi connectivity index (χ2n) is 3.22. The van der Waals surface area contributed by atoms with Crippen LogP contribution in [-0.2, 0) is 5.88 Å². The number of benzene rings is 1. The van der Waals surface area contributed by atoms with Gasteiger partial charge in [-0.05, 0) is 30.5 Å². The molecule has 1 aliphatic rings. The summed E-state index contributed by atoms with van der Waals surface area (Å²) in [5.74, 6) is 1.27. The minimum Gasteiger partial charge on any atom is -0.489 e. The van der Waals surface area contributed by atoms with Gasteiger partial charge in [0.25, 0.3) is 0 Å². The van der Waals surface area contributed by atoms with Crippen LogP contribution in [0.4, 0.5) is 0 Å². The molecule has 0 unspecified atom stereocenters. The van der Waals surface area contributed by atoms with E-state index in [1.807, 2.05) is 18.2 Å². The highest BCUT2D eigenvalue weighted by Gasteiger charge is 2.24. The molecule has 13 heavy (non-hydrogen) atoms. The average molecular weight is 217 g/mol. The number of alkyl halides is 1. The average Bonchev–Trinajstić information content (AvgIpc) is 2.92. The summed E-state index contributed by atoms with van der Waals surface area (Å²) in [6.45, 7) is 0. The standard InChI is InChI=1S/C10H10Cl2O/c11-6-7-1-4-10(9(12)5-7)13-8-2-3-8/h1,4-5,8H,2-3,6H2. The van der Waals surface area contributed by atoms with Gasteiger partial charge < -0.3 is 4.74 Å². The summed E-state index contributed by atoms with van der Waals surface area (Å²) in [6, 6.07) is 5.68. The van der Waals surface area contributed by atoms with E-state index < -0.39 is 0 Å². The first kappa shape index (κ1) is 9.17. The molecule has 3 heteroatoms. The van der Waals surface area contributed by atoms with Gasteiger partial charge in [0.05, 0.1) is 11.1 Å². The van der Waals surface area contributed by atoms with Crippen LogP contribution >= 0.6 is 23.2 Å². The summed E-state index contributed by atoms with van der Waals surface area (Å²) < 4.78 is 5.58. The fraction of sp³-hybridized carbons (Fsp3) is 0.400. The minimum absolute atomic E-state index is 0.388. The number of hydrogen-bond acceptors (Lipinski definition) is 1. The maximum atomic E-state index is 6.00. The van der Waals surface area contributed by atoms with Crippen LogP contribution < -0.4 is 4.74 Å². The molecule has 0 heterocycles. The number of rotatable bonds is 3. The van der Waals surface area contributed by atoms with Crippen LogP contribution in [-0.4, -0.2) is 6.10 Å². The van der Waals surface area contributed by atoms with E-state index in [0.717, 1.165) is 24.2 Å². The molecule has 0 aromatic heterocycles. The van der Waals surface area contributed by atoms with E-state index in [-0.39, 0.29) is 0 Å². The largest absolute Gasteiger partial charge is 0.489 e. The first-order chi connectivity index (χ1) is 6.29. The van der Waals surface area contributed by atoms with Gasteiger partial charge in [-0.25, -0.2) is 0 Å². The summed E-state index contributed by atoms with van der Waals surface area (Å²) in [7, 11) is 0. The zero-order valence-electron chi connectivity index (χ0n) is 7.09. The maximum Gasteiger partial charge on any atom is 0.138 e. The van der Waals surface area contributed by atoms with E-state index >= 15 is 0 Å². The van der Waals surface area contributed by atoms with E-state index in [1.165, 1.54) is 0 Å². The molecule has 0 atom stereocenters. The molecule has 1 saturated carbocycles. The van der Waals surface area contributed by atoms with Crippen molar-refractivity contribution in [2.24, 2.45) is 0 Å². The maximum absolute atomic E-state index is 6.00. The molecule has 1 aromatic carbocycles. The summed E-state index contributed by atoms with van der Waals surface area (Å²) in [5, 5.41) is 0.657. The lowest BCUT2D eigenvalue weighted by atomic mass is 10.2. The molecular formula is C10H10Cl2O. The second kappa shape index (κ2) is 3.77. The Kier molecular flexibility index (Phi) is 2.66. The smallest absolute Gasteiger partial charge is 0.138 e. The first-order valence-electron chi connectivity index (χ1n) is 4.30. The van der Waals surface area contributed by atoms with Crippen molar-refractivity contribution in [3.8, 4) is 5.75 Å². The molecule has 0 spiro atoms. The molecule has 1 aliphatic carbocycles. The Bertz CT molecular complexity index is 308. The Balaban J connectivity index is 2.15. The minimum atomic E-state index is 0.388. The van der Waals surface area contributed by atoms with Crippen molar-refractivity contribution in [2.75, 3.05) is 0 Å². The first-order valence-corrected chi connectivity index (χ1v) is 5.22. The third kappa shape index (κ3) is 2.29. The van der Waals surface area contributed by atoms with Crippen molar-refractivity contribution in [3.05, 3.63) is 28.8 Å². The van der Waals surface area contributed by atoms with Crippen molar-refractivity contribution in [1.29, 1.82) is 0 Å². The van der Waals surface area contributed by atoms with E-state index in [9.17, 15) is 0 Å². The van der Waals surface area contributed by atoms with Crippen LogP contribution in [0, 0.1) is 0 Å².